The summed E-state index contributed by atoms with van der Waals surface area (Å²) in [6.07, 6.45) is 4.08. The van der Waals surface area contributed by atoms with Gasteiger partial charge in [0.2, 0.25) is 0 Å². The summed E-state index contributed by atoms with van der Waals surface area (Å²) < 4.78 is 27.5. The van der Waals surface area contributed by atoms with E-state index in [1.54, 1.807) is 6.07 Å². The Bertz CT molecular complexity index is 635. The number of nitrogens with zero attached hydrogens (tertiary/aromatic N) is 1. The smallest absolute Gasteiger partial charge is 0.262 e. The van der Waals surface area contributed by atoms with Crippen LogP contribution in [0.2, 0.25) is 0 Å². The predicted molar refractivity (Wildman–Crippen MR) is 68.7 cm³/mol. The molecule has 102 valence electrons. The molecule has 1 aromatic heterocycles. The van der Waals surface area contributed by atoms with Gasteiger partial charge in [-0.3, -0.25) is 4.79 Å². The van der Waals surface area contributed by atoms with Crippen LogP contribution in [0.4, 0.5) is 0 Å². The lowest BCUT2D eigenvalue weighted by Gasteiger charge is -2.00. The van der Waals surface area contributed by atoms with E-state index in [2.05, 4.69) is 5.32 Å². The van der Waals surface area contributed by atoms with Crippen molar-refractivity contribution in [3.8, 4) is 6.07 Å². The van der Waals surface area contributed by atoms with E-state index in [0.29, 0.717) is 6.54 Å². The van der Waals surface area contributed by atoms with Gasteiger partial charge in [-0.25, -0.2) is 8.42 Å². The summed E-state index contributed by atoms with van der Waals surface area (Å²) in [5, 5.41) is 11.4. The number of amides is 1. The zero-order chi connectivity index (χ0) is 14.5. The normalized spacial score (nSPS) is 11.9. The van der Waals surface area contributed by atoms with E-state index in [1.165, 1.54) is 12.1 Å². The molecule has 0 aliphatic heterocycles. The van der Waals surface area contributed by atoms with Crippen molar-refractivity contribution in [2.24, 2.45) is 0 Å². The average molecular weight is 282 g/mol. The van der Waals surface area contributed by atoms with E-state index in [0.717, 1.165) is 18.9 Å². The number of carbonyl (C=O) groups excluding carboxylic acids is 1. The molecule has 6 nitrogen and oxygen atoms in total. The summed E-state index contributed by atoms with van der Waals surface area (Å²) >= 11 is 0. The first-order chi connectivity index (χ1) is 8.88. The van der Waals surface area contributed by atoms with Gasteiger partial charge in [0.15, 0.2) is 9.84 Å². The van der Waals surface area contributed by atoms with Crippen LogP contribution in [0.15, 0.2) is 27.2 Å². The summed E-state index contributed by atoms with van der Waals surface area (Å²) in [7, 11) is -3.37. The van der Waals surface area contributed by atoms with Crippen molar-refractivity contribution in [3.05, 3.63) is 23.7 Å². The van der Waals surface area contributed by atoms with Gasteiger partial charge in [0.05, 0.1) is 0 Å². The summed E-state index contributed by atoms with van der Waals surface area (Å²) in [6.45, 7) is 2.35. The molecule has 1 aromatic rings. The molecule has 0 bridgehead atoms. The van der Waals surface area contributed by atoms with Crippen LogP contribution < -0.4 is 5.32 Å². The lowest BCUT2D eigenvalue weighted by molar-refractivity contribution is -0.117. The largest absolute Gasteiger partial charge is 0.464 e. The number of nitrogens with one attached hydrogen (secondary N) is 1. The van der Waals surface area contributed by atoms with E-state index in [1.807, 2.05) is 6.92 Å². The van der Waals surface area contributed by atoms with E-state index < -0.39 is 15.7 Å². The second kappa shape index (κ2) is 6.20. The number of hydrogen-bond acceptors (Lipinski definition) is 5. The minimum atomic E-state index is -3.37. The highest BCUT2D eigenvalue weighted by Crippen LogP contribution is 2.16. The minimum absolute atomic E-state index is 0.00464. The van der Waals surface area contributed by atoms with Crippen molar-refractivity contribution in [1.29, 1.82) is 5.26 Å². The first-order valence-electron chi connectivity index (χ1n) is 5.57. The molecule has 0 unspecified atom stereocenters. The Labute approximate surface area is 111 Å². The molecule has 0 spiro atoms. The van der Waals surface area contributed by atoms with Gasteiger partial charge in [-0.1, -0.05) is 6.92 Å². The van der Waals surface area contributed by atoms with Gasteiger partial charge in [0, 0.05) is 24.9 Å². The molecule has 0 atom stereocenters. The summed E-state index contributed by atoms with van der Waals surface area (Å²) in [5.41, 5.74) is -0.136. The fraction of sp³-hybridized carbons (Fsp3) is 0.333. The van der Waals surface area contributed by atoms with E-state index in [-0.39, 0.29) is 16.2 Å². The van der Waals surface area contributed by atoms with Crippen LogP contribution in [0.25, 0.3) is 6.08 Å². The minimum Gasteiger partial charge on any atom is -0.464 e. The van der Waals surface area contributed by atoms with Gasteiger partial charge < -0.3 is 9.73 Å². The molecule has 0 saturated carbocycles. The number of hydrogen-bond donors (Lipinski definition) is 1. The van der Waals surface area contributed by atoms with Gasteiger partial charge in [0.1, 0.15) is 28.6 Å². The highest BCUT2D eigenvalue weighted by molar-refractivity contribution is 7.90. The monoisotopic (exact) mass is 282 g/mol. The second-order valence-electron chi connectivity index (χ2n) is 3.88. The molecule has 7 heteroatoms. The van der Waals surface area contributed by atoms with Crippen LogP contribution >= 0.6 is 0 Å². The molecular formula is C12H14N2O4S. The lowest BCUT2D eigenvalue weighted by Crippen LogP contribution is -2.25. The Balaban J connectivity index is 2.97. The molecule has 1 amide bonds. The molecule has 0 aliphatic rings. The van der Waals surface area contributed by atoms with Crippen LogP contribution in [0.1, 0.15) is 19.1 Å². The predicted octanol–water partition coefficient (Wildman–Crippen LogP) is 1.12. The zero-order valence-electron chi connectivity index (χ0n) is 10.6. The van der Waals surface area contributed by atoms with Crippen LogP contribution in [0, 0.1) is 11.3 Å². The van der Waals surface area contributed by atoms with Crippen LogP contribution in [0.3, 0.4) is 0 Å². The first kappa shape index (κ1) is 15.0. The van der Waals surface area contributed by atoms with Crippen LogP contribution in [-0.2, 0) is 14.6 Å². The SMILES string of the molecule is CCCNC(=O)/C(C#N)=C\c1cc(S(C)(=O)=O)co1. The van der Waals surface area contributed by atoms with Crippen LogP contribution in [0.5, 0.6) is 0 Å². The molecule has 0 aromatic carbocycles. The first-order valence-corrected chi connectivity index (χ1v) is 7.46. The number of furan rings is 1. The van der Waals surface area contributed by atoms with E-state index >= 15 is 0 Å². The molecule has 0 radical (unpaired) electrons. The van der Waals surface area contributed by atoms with E-state index in [9.17, 15) is 13.2 Å². The Morgan fingerprint density at radius 1 is 1.58 bits per heavy atom. The van der Waals surface area contributed by atoms with Gasteiger partial charge >= 0.3 is 0 Å². The highest BCUT2D eigenvalue weighted by atomic mass is 32.2. The van der Waals surface area contributed by atoms with E-state index in [4.69, 9.17) is 9.68 Å². The molecule has 0 saturated heterocycles. The molecule has 19 heavy (non-hydrogen) atoms. The average Bonchev–Trinajstić information content (AvgIpc) is 2.81. The molecule has 0 fully saturated rings. The van der Waals surface area contributed by atoms with Crippen molar-refractivity contribution < 1.29 is 17.6 Å². The second-order valence-corrected chi connectivity index (χ2v) is 5.90. The number of nitriles is 1. The molecule has 1 heterocycles. The Kier molecular flexibility index (Phi) is 4.89. The third-order valence-corrected chi connectivity index (χ3v) is 3.28. The highest BCUT2D eigenvalue weighted by Gasteiger charge is 2.13. The Morgan fingerprint density at radius 3 is 2.74 bits per heavy atom. The fourth-order valence-electron chi connectivity index (χ4n) is 1.23. The quantitative estimate of drug-likeness (QED) is 0.644. The number of sulfone groups is 1. The standard InChI is InChI=1S/C12H14N2O4S/c1-3-4-14-12(15)9(7-13)5-10-6-11(8-18-10)19(2,16)17/h5-6,8H,3-4H2,1-2H3,(H,14,15)/b9-5-. The third-order valence-electron chi connectivity index (χ3n) is 2.21. The van der Waals surface area contributed by atoms with Crippen molar-refractivity contribution in [3.63, 3.8) is 0 Å². The maximum absolute atomic E-state index is 11.6. The van der Waals surface area contributed by atoms with Crippen molar-refractivity contribution in [1.82, 2.24) is 5.32 Å². The molecule has 1 rings (SSSR count). The van der Waals surface area contributed by atoms with Crippen molar-refractivity contribution >= 4 is 21.8 Å². The summed E-state index contributed by atoms with van der Waals surface area (Å²) in [5.74, 6) is -0.370. The van der Waals surface area contributed by atoms with Gasteiger partial charge in [-0.05, 0) is 6.42 Å². The lowest BCUT2D eigenvalue weighted by atomic mass is 10.2. The molecule has 1 N–H and O–H groups in total. The van der Waals surface area contributed by atoms with Gasteiger partial charge in [0.25, 0.3) is 5.91 Å². The maximum atomic E-state index is 11.6. The number of rotatable bonds is 5. The van der Waals surface area contributed by atoms with Crippen LogP contribution in [-0.4, -0.2) is 27.1 Å². The summed E-state index contributed by atoms with van der Waals surface area (Å²) in [6, 6.07) is 3.01. The number of carbonyl (C=O) groups is 1. The Morgan fingerprint density at radius 2 is 2.26 bits per heavy atom. The zero-order valence-corrected chi connectivity index (χ0v) is 11.5. The Hall–Kier alpha value is -2.07. The fourth-order valence-corrected chi connectivity index (χ4v) is 1.78. The third kappa shape index (κ3) is 4.26. The maximum Gasteiger partial charge on any atom is 0.262 e. The summed E-state index contributed by atoms with van der Waals surface area (Å²) in [4.78, 5) is 11.6. The van der Waals surface area contributed by atoms with Crippen molar-refractivity contribution in [2.75, 3.05) is 12.8 Å². The van der Waals surface area contributed by atoms with Gasteiger partial charge in [-0.15, -0.1) is 0 Å². The molecular weight excluding hydrogens is 268 g/mol. The topological polar surface area (TPSA) is 100 Å². The van der Waals surface area contributed by atoms with Gasteiger partial charge in [-0.2, -0.15) is 5.26 Å². The van der Waals surface area contributed by atoms with Crippen molar-refractivity contribution in [2.45, 2.75) is 18.2 Å². The molecule has 0 aliphatic carbocycles.